The van der Waals surface area contributed by atoms with Gasteiger partial charge in [0.25, 0.3) is 0 Å². The lowest BCUT2D eigenvalue weighted by atomic mass is 9.43. The van der Waals surface area contributed by atoms with Crippen molar-refractivity contribution < 1.29 is 4.42 Å². The molecular weight excluding hydrogens is 687 g/mol. The molecule has 7 aromatic carbocycles. The van der Waals surface area contributed by atoms with Crippen molar-refractivity contribution in [3.05, 3.63) is 139 Å². The van der Waals surface area contributed by atoms with E-state index in [1.807, 2.05) is 11.3 Å². The first-order valence-electron chi connectivity index (χ1n) is 19.5. The molecule has 0 spiro atoms. The van der Waals surface area contributed by atoms with E-state index in [2.05, 4.69) is 178 Å². The highest BCUT2D eigenvalue weighted by molar-refractivity contribution is 7.25. The topological polar surface area (TPSA) is 21.3 Å². The molecule has 0 amide bonds. The Labute approximate surface area is 324 Å². The average Bonchev–Trinajstić information content (AvgIpc) is 3.85. The average molecular weight is 727 g/mol. The molecule has 0 fully saturated rings. The van der Waals surface area contributed by atoms with E-state index in [1.54, 1.807) is 0 Å². The highest BCUT2D eigenvalue weighted by Crippen LogP contribution is 2.50. The molecule has 0 saturated heterocycles. The molecule has 5 heterocycles. The molecule has 2 aliphatic rings. The van der Waals surface area contributed by atoms with E-state index in [0.717, 1.165) is 21.9 Å². The van der Waals surface area contributed by atoms with E-state index in [-0.39, 0.29) is 17.7 Å². The van der Waals surface area contributed by atoms with Crippen molar-refractivity contribution >= 4 is 104 Å². The third-order valence-corrected chi connectivity index (χ3v) is 13.6. The Kier molecular flexibility index (Phi) is 6.02. The summed E-state index contributed by atoms with van der Waals surface area (Å²) < 4.78 is 12.0. The van der Waals surface area contributed by atoms with Gasteiger partial charge < -0.3 is 13.8 Å². The minimum Gasteiger partial charge on any atom is -0.455 e. The van der Waals surface area contributed by atoms with Crippen LogP contribution in [0, 0.1) is 0 Å². The summed E-state index contributed by atoms with van der Waals surface area (Å²) >= 11 is 1.90. The second-order valence-corrected chi connectivity index (χ2v) is 18.8. The predicted octanol–water partition coefficient (Wildman–Crippen LogP) is 12.9. The number of aromatic nitrogens is 1. The molecule has 3 aromatic heterocycles. The third kappa shape index (κ3) is 4.17. The van der Waals surface area contributed by atoms with Crippen molar-refractivity contribution in [2.75, 3.05) is 4.81 Å². The van der Waals surface area contributed by atoms with E-state index < -0.39 is 0 Å². The molecule has 10 aromatic rings. The summed E-state index contributed by atoms with van der Waals surface area (Å²) in [5.41, 5.74) is 16.1. The fraction of sp³-hybridized carbons (Fsp3) is 0.160. The summed E-state index contributed by atoms with van der Waals surface area (Å²) in [6.45, 7) is 13.8. The monoisotopic (exact) mass is 726 g/mol. The van der Waals surface area contributed by atoms with Gasteiger partial charge in [0.2, 0.25) is 0 Å². The van der Waals surface area contributed by atoms with Gasteiger partial charge in [-0.15, -0.1) is 11.3 Å². The van der Waals surface area contributed by atoms with Crippen LogP contribution in [-0.2, 0) is 10.8 Å². The Morgan fingerprint density at radius 3 is 2.09 bits per heavy atom. The quantitative estimate of drug-likeness (QED) is 0.157. The number of rotatable bonds is 1. The molecule has 0 aliphatic carbocycles. The maximum Gasteiger partial charge on any atom is 0.333 e. The summed E-state index contributed by atoms with van der Waals surface area (Å²) in [6.07, 6.45) is 0. The summed E-state index contributed by atoms with van der Waals surface area (Å²) in [6, 6.07) is 48.3. The van der Waals surface area contributed by atoms with Gasteiger partial charge in [0, 0.05) is 59.0 Å². The second kappa shape index (κ2) is 10.5. The van der Waals surface area contributed by atoms with Crippen LogP contribution in [0.5, 0.6) is 0 Å². The standard InChI is InChI=1S/C50H39BN2OS/c1-49(2,3)28-15-18-30(19-16-28)53-41-27-44-37(32-12-8-10-14-43(32)55-44)26-36(41)33-20-21-35-45-40(24-22-34-31-11-7-9-13-42(31)54-48(34)45)52-39-23-17-29(50(4,5)6)25-38(39)51(53)46(33)47(35)52/h7-27H,1-6H3. The van der Waals surface area contributed by atoms with Crippen LogP contribution in [0.3, 0.4) is 0 Å². The second-order valence-electron chi connectivity index (χ2n) is 17.7. The highest BCUT2D eigenvalue weighted by Gasteiger charge is 2.44. The smallest absolute Gasteiger partial charge is 0.333 e. The summed E-state index contributed by atoms with van der Waals surface area (Å²) in [5, 5.41) is 7.39. The number of hydrogen-bond donors (Lipinski definition) is 0. The van der Waals surface area contributed by atoms with E-state index in [9.17, 15) is 0 Å². The molecule has 0 radical (unpaired) electrons. The summed E-state index contributed by atoms with van der Waals surface area (Å²) in [5.74, 6) is 0. The first kappa shape index (κ1) is 31.6. The van der Waals surface area contributed by atoms with Crippen LogP contribution < -0.4 is 15.7 Å². The van der Waals surface area contributed by atoms with Crippen LogP contribution in [-0.4, -0.2) is 11.4 Å². The third-order valence-electron chi connectivity index (χ3n) is 12.5. The molecule has 3 nitrogen and oxygen atoms in total. The number of fused-ring (bicyclic) bond motifs is 15. The number of anilines is 2. The largest absolute Gasteiger partial charge is 0.455 e. The molecule has 55 heavy (non-hydrogen) atoms. The predicted molar refractivity (Wildman–Crippen MR) is 237 cm³/mol. The summed E-state index contributed by atoms with van der Waals surface area (Å²) in [4.78, 5) is 2.66. The molecule has 2 aliphatic heterocycles. The summed E-state index contributed by atoms with van der Waals surface area (Å²) in [7, 11) is 0. The van der Waals surface area contributed by atoms with Gasteiger partial charge in [0.15, 0.2) is 0 Å². The van der Waals surface area contributed by atoms with E-state index >= 15 is 0 Å². The Hall–Kier alpha value is -5.78. The van der Waals surface area contributed by atoms with Crippen LogP contribution in [0.2, 0.25) is 0 Å². The molecule has 5 heteroatoms. The van der Waals surface area contributed by atoms with Crippen LogP contribution in [0.1, 0.15) is 52.7 Å². The van der Waals surface area contributed by atoms with Crippen molar-refractivity contribution in [3.63, 3.8) is 0 Å². The lowest BCUT2D eigenvalue weighted by Crippen LogP contribution is -2.60. The normalized spacial score (nSPS) is 13.9. The number of hydrogen-bond acceptors (Lipinski definition) is 3. The zero-order chi connectivity index (χ0) is 37.1. The first-order chi connectivity index (χ1) is 26.5. The lowest BCUT2D eigenvalue weighted by molar-refractivity contribution is 0.590. The minimum absolute atomic E-state index is 0.0155. The van der Waals surface area contributed by atoms with Gasteiger partial charge in [-0.05, 0) is 93.0 Å². The van der Waals surface area contributed by atoms with Crippen molar-refractivity contribution in [3.8, 4) is 16.8 Å². The van der Waals surface area contributed by atoms with E-state index in [4.69, 9.17) is 4.42 Å². The van der Waals surface area contributed by atoms with Gasteiger partial charge in [0.1, 0.15) is 11.2 Å². The van der Waals surface area contributed by atoms with Gasteiger partial charge in [0.05, 0.1) is 16.4 Å². The van der Waals surface area contributed by atoms with Crippen molar-refractivity contribution in [2.24, 2.45) is 0 Å². The molecule has 0 saturated carbocycles. The Balaban J connectivity index is 1.26. The van der Waals surface area contributed by atoms with E-state index in [0.29, 0.717) is 0 Å². The van der Waals surface area contributed by atoms with Crippen molar-refractivity contribution in [2.45, 2.75) is 52.4 Å². The lowest BCUT2D eigenvalue weighted by Gasteiger charge is -2.42. The molecular formula is C50H39BN2OS. The van der Waals surface area contributed by atoms with Crippen LogP contribution in [0.25, 0.3) is 80.7 Å². The number of benzene rings is 7. The van der Waals surface area contributed by atoms with Crippen molar-refractivity contribution in [1.29, 1.82) is 0 Å². The van der Waals surface area contributed by atoms with Gasteiger partial charge in [-0.2, -0.15) is 0 Å². The highest BCUT2D eigenvalue weighted by atomic mass is 32.1. The van der Waals surface area contributed by atoms with Gasteiger partial charge in [-0.1, -0.05) is 114 Å². The first-order valence-corrected chi connectivity index (χ1v) is 20.3. The molecule has 0 N–H and O–H groups in total. The van der Waals surface area contributed by atoms with Gasteiger partial charge in [-0.25, -0.2) is 0 Å². The molecule has 264 valence electrons. The zero-order valence-electron chi connectivity index (χ0n) is 31.9. The van der Waals surface area contributed by atoms with Crippen LogP contribution >= 0.6 is 11.3 Å². The number of furan rings is 1. The van der Waals surface area contributed by atoms with Crippen LogP contribution in [0.4, 0.5) is 11.4 Å². The molecule has 0 bridgehead atoms. The Morgan fingerprint density at radius 2 is 1.29 bits per heavy atom. The van der Waals surface area contributed by atoms with Gasteiger partial charge >= 0.3 is 6.85 Å². The fourth-order valence-electron chi connectivity index (χ4n) is 9.75. The zero-order valence-corrected chi connectivity index (χ0v) is 32.7. The van der Waals surface area contributed by atoms with Crippen LogP contribution in [0.15, 0.2) is 132 Å². The number of thiophene rings is 1. The molecule has 0 atom stereocenters. The van der Waals surface area contributed by atoms with E-state index in [1.165, 1.54) is 92.2 Å². The SMILES string of the molecule is CC(C)(C)c1ccc(N2B3c4cc(C(C)(C)C)ccc4-n4c5ccc6c7ccccc7oc6c5c5ccc(c3c54)-c3cc4c(cc32)sc2ccccc24)cc1. The minimum atomic E-state index is -0.0428. The van der Waals surface area contributed by atoms with Gasteiger partial charge in [-0.3, -0.25) is 0 Å². The fourth-order valence-corrected chi connectivity index (χ4v) is 10.9. The molecule has 12 rings (SSSR count). The maximum absolute atomic E-state index is 6.78. The Bertz CT molecular complexity index is 3290. The number of para-hydroxylation sites is 1. The molecule has 0 unspecified atom stereocenters. The maximum atomic E-state index is 6.78. The van der Waals surface area contributed by atoms with Crippen molar-refractivity contribution in [1.82, 2.24) is 4.57 Å². The Morgan fingerprint density at radius 1 is 0.564 bits per heavy atom. The number of nitrogens with zero attached hydrogens (tertiary/aromatic N) is 2.